The summed E-state index contributed by atoms with van der Waals surface area (Å²) >= 11 is 0. The largest absolute Gasteiger partial charge is 0.268 e. The number of hydrogen-bond acceptors (Lipinski definition) is 1. The summed E-state index contributed by atoms with van der Waals surface area (Å²) in [4.78, 5) is 9.73. The molecule has 0 spiro atoms. The van der Waals surface area contributed by atoms with E-state index >= 15 is 0 Å². The zero-order valence-electron chi connectivity index (χ0n) is 3.85. The SMILES string of the molecule is C=CC=CC([NH])=O. The molecule has 1 N–H and O–H groups in total. The van der Waals surface area contributed by atoms with Gasteiger partial charge in [-0.2, -0.15) is 0 Å². The Morgan fingerprint density at radius 3 is 2.43 bits per heavy atom. The normalized spacial score (nSPS) is 9.14. The van der Waals surface area contributed by atoms with Crippen molar-refractivity contribution >= 4 is 5.91 Å². The van der Waals surface area contributed by atoms with E-state index in [2.05, 4.69) is 6.58 Å². The van der Waals surface area contributed by atoms with Gasteiger partial charge in [-0.25, -0.2) is 0 Å². The van der Waals surface area contributed by atoms with Crippen molar-refractivity contribution in [1.29, 1.82) is 0 Å². The predicted octanol–water partition coefficient (Wildman–Crippen LogP) is 0.538. The Balaban J connectivity index is 3.46. The molecule has 0 aromatic carbocycles. The molecule has 7 heavy (non-hydrogen) atoms. The fourth-order valence-electron chi connectivity index (χ4n) is 0.155. The van der Waals surface area contributed by atoms with Gasteiger partial charge in [-0.15, -0.1) is 0 Å². The highest BCUT2D eigenvalue weighted by Gasteiger charge is 1.76. The van der Waals surface area contributed by atoms with Crippen LogP contribution in [-0.2, 0) is 4.79 Å². The number of hydrogen-bond donors (Lipinski definition) is 0. The molecule has 0 aliphatic carbocycles. The molecule has 0 aliphatic heterocycles. The van der Waals surface area contributed by atoms with Crippen LogP contribution in [0.5, 0.6) is 0 Å². The van der Waals surface area contributed by atoms with Crippen molar-refractivity contribution in [3.63, 3.8) is 0 Å². The summed E-state index contributed by atoms with van der Waals surface area (Å²) in [5.41, 5.74) is 6.31. The Bertz CT molecular complexity index is 105. The smallest absolute Gasteiger partial charge is 0.262 e. The molecule has 0 aliphatic rings. The first kappa shape index (κ1) is 5.95. The Hall–Kier alpha value is -1.05. The number of amides is 1. The molecule has 0 bridgehead atoms. The lowest BCUT2D eigenvalue weighted by Gasteiger charge is -1.69. The fourth-order valence-corrected chi connectivity index (χ4v) is 0.155. The maximum atomic E-state index is 9.73. The summed E-state index contributed by atoms with van der Waals surface area (Å²) in [5.74, 6) is -0.695. The minimum atomic E-state index is -0.695. The summed E-state index contributed by atoms with van der Waals surface area (Å²) in [5, 5.41) is 0. The molecule has 0 aromatic rings. The third kappa shape index (κ3) is 4.95. The molecule has 0 rings (SSSR count). The quantitative estimate of drug-likeness (QED) is 0.365. The molecule has 0 fully saturated rings. The zero-order chi connectivity index (χ0) is 5.70. The van der Waals surface area contributed by atoms with Crippen molar-refractivity contribution < 1.29 is 4.79 Å². The standard InChI is InChI=1S/C5H6NO/c1-2-3-4-5(6)7/h2-4,6H,1H2. The molecule has 0 aromatic heterocycles. The van der Waals surface area contributed by atoms with Gasteiger partial charge >= 0.3 is 0 Å². The molecule has 1 radical (unpaired) electrons. The van der Waals surface area contributed by atoms with Gasteiger partial charge in [0.1, 0.15) is 0 Å². The first-order valence-corrected chi connectivity index (χ1v) is 1.82. The molecular formula is C5H6NO. The average molecular weight is 96.1 g/mol. The van der Waals surface area contributed by atoms with E-state index < -0.39 is 5.91 Å². The van der Waals surface area contributed by atoms with E-state index in [1.807, 2.05) is 0 Å². The topological polar surface area (TPSA) is 40.9 Å². The predicted molar refractivity (Wildman–Crippen MR) is 27.4 cm³/mol. The van der Waals surface area contributed by atoms with Gasteiger partial charge in [-0.05, 0) is 0 Å². The van der Waals surface area contributed by atoms with E-state index in [1.165, 1.54) is 12.2 Å². The first-order valence-electron chi connectivity index (χ1n) is 1.82. The zero-order valence-corrected chi connectivity index (χ0v) is 3.85. The van der Waals surface area contributed by atoms with Crippen LogP contribution >= 0.6 is 0 Å². The van der Waals surface area contributed by atoms with Crippen LogP contribution in [-0.4, -0.2) is 5.91 Å². The van der Waals surface area contributed by atoms with E-state index in [0.29, 0.717) is 0 Å². The van der Waals surface area contributed by atoms with Crippen molar-refractivity contribution in [3.05, 3.63) is 24.8 Å². The highest BCUT2D eigenvalue weighted by Crippen LogP contribution is 1.69. The molecule has 0 saturated heterocycles. The molecule has 0 atom stereocenters. The maximum Gasteiger partial charge on any atom is 0.262 e. The molecule has 2 heteroatoms. The lowest BCUT2D eigenvalue weighted by molar-refractivity contribution is -0.114. The van der Waals surface area contributed by atoms with Gasteiger partial charge in [-0.1, -0.05) is 18.7 Å². The summed E-state index contributed by atoms with van der Waals surface area (Å²) < 4.78 is 0. The number of carbonyl (C=O) groups is 1. The van der Waals surface area contributed by atoms with Gasteiger partial charge in [0.25, 0.3) is 5.91 Å². The van der Waals surface area contributed by atoms with Crippen molar-refractivity contribution in [3.8, 4) is 0 Å². The van der Waals surface area contributed by atoms with Crippen molar-refractivity contribution in [2.45, 2.75) is 0 Å². The molecule has 0 heterocycles. The number of carbonyl (C=O) groups excluding carboxylic acids is 1. The van der Waals surface area contributed by atoms with Crippen LogP contribution in [0.1, 0.15) is 0 Å². The average Bonchev–Trinajstić information content (AvgIpc) is 1.61. The summed E-state index contributed by atoms with van der Waals surface area (Å²) in [6.45, 7) is 3.31. The second-order valence-electron chi connectivity index (χ2n) is 0.959. The fraction of sp³-hybridized carbons (Fsp3) is 0. The van der Waals surface area contributed by atoms with Crippen molar-refractivity contribution in [1.82, 2.24) is 5.73 Å². The highest BCUT2D eigenvalue weighted by atomic mass is 16.1. The van der Waals surface area contributed by atoms with Gasteiger partial charge in [-0.3, -0.25) is 10.5 Å². The molecule has 2 nitrogen and oxygen atoms in total. The van der Waals surface area contributed by atoms with Crippen LogP contribution in [0.15, 0.2) is 24.8 Å². The van der Waals surface area contributed by atoms with E-state index in [0.717, 1.165) is 6.08 Å². The highest BCUT2D eigenvalue weighted by molar-refractivity contribution is 5.85. The third-order valence-electron chi connectivity index (χ3n) is 0.384. The van der Waals surface area contributed by atoms with Gasteiger partial charge < -0.3 is 0 Å². The van der Waals surface area contributed by atoms with E-state index in [4.69, 9.17) is 5.73 Å². The Labute approximate surface area is 42.3 Å². The van der Waals surface area contributed by atoms with Gasteiger partial charge in [0.2, 0.25) is 0 Å². The first-order chi connectivity index (χ1) is 3.27. The monoisotopic (exact) mass is 96.0 g/mol. The Morgan fingerprint density at radius 2 is 2.29 bits per heavy atom. The maximum absolute atomic E-state index is 9.73. The van der Waals surface area contributed by atoms with Crippen molar-refractivity contribution in [2.75, 3.05) is 0 Å². The minimum Gasteiger partial charge on any atom is -0.268 e. The van der Waals surface area contributed by atoms with E-state index in [-0.39, 0.29) is 0 Å². The van der Waals surface area contributed by atoms with Crippen LogP contribution in [0.25, 0.3) is 0 Å². The lowest BCUT2D eigenvalue weighted by atomic mass is 10.5. The van der Waals surface area contributed by atoms with Gasteiger partial charge in [0.05, 0.1) is 0 Å². The molecule has 0 unspecified atom stereocenters. The second kappa shape index (κ2) is 3.15. The number of allylic oxidation sites excluding steroid dienone is 2. The van der Waals surface area contributed by atoms with Crippen molar-refractivity contribution in [2.24, 2.45) is 0 Å². The van der Waals surface area contributed by atoms with E-state index in [1.54, 1.807) is 0 Å². The van der Waals surface area contributed by atoms with Gasteiger partial charge in [0, 0.05) is 6.08 Å². The van der Waals surface area contributed by atoms with Crippen LogP contribution < -0.4 is 5.73 Å². The summed E-state index contributed by atoms with van der Waals surface area (Å²) in [6.07, 6.45) is 4.01. The molecule has 37 valence electrons. The van der Waals surface area contributed by atoms with Gasteiger partial charge in [0.15, 0.2) is 0 Å². The minimum absolute atomic E-state index is 0.695. The Kier molecular flexibility index (Phi) is 2.68. The summed E-state index contributed by atoms with van der Waals surface area (Å²) in [7, 11) is 0. The molecule has 0 saturated carbocycles. The molecule has 1 amide bonds. The number of rotatable bonds is 2. The number of nitrogens with one attached hydrogen (secondary N) is 1. The lowest BCUT2D eigenvalue weighted by Crippen LogP contribution is -1.88. The van der Waals surface area contributed by atoms with E-state index in [9.17, 15) is 4.79 Å². The van der Waals surface area contributed by atoms with Crippen LogP contribution in [0.4, 0.5) is 0 Å². The van der Waals surface area contributed by atoms with Crippen LogP contribution in [0.3, 0.4) is 0 Å². The Morgan fingerprint density at radius 1 is 1.71 bits per heavy atom. The summed E-state index contributed by atoms with van der Waals surface area (Å²) in [6, 6.07) is 0. The molecular weight excluding hydrogens is 90.1 g/mol. The second-order valence-corrected chi connectivity index (χ2v) is 0.959. The van der Waals surface area contributed by atoms with Crippen LogP contribution in [0.2, 0.25) is 0 Å². The van der Waals surface area contributed by atoms with Crippen LogP contribution in [0, 0.1) is 0 Å². The third-order valence-corrected chi connectivity index (χ3v) is 0.384.